The third-order valence-electron chi connectivity index (χ3n) is 9.33. The molecule has 2 aromatic heterocycles. The number of nitrogens with one attached hydrogen (secondary N) is 2. The van der Waals surface area contributed by atoms with Crippen LogP contribution < -0.4 is 16.0 Å². The molecule has 0 bridgehead atoms. The number of nitrogens with zero attached hydrogens (tertiary/aromatic N) is 5. The number of H-pyrrole nitrogens is 1. The van der Waals surface area contributed by atoms with E-state index in [1.54, 1.807) is 0 Å². The van der Waals surface area contributed by atoms with Gasteiger partial charge in [0.25, 0.3) is 0 Å². The van der Waals surface area contributed by atoms with Crippen LogP contribution in [0.15, 0.2) is 24.5 Å². The van der Waals surface area contributed by atoms with Gasteiger partial charge in [0.1, 0.15) is 36.2 Å². The van der Waals surface area contributed by atoms with Crippen LogP contribution in [0.4, 0.5) is 17.3 Å². The largest absolute Gasteiger partial charge is 0.387 e. The van der Waals surface area contributed by atoms with Gasteiger partial charge in [-0.2, -0.15) is 0 Å². The highest BCUT2D eigenvalue weighted by Gasteiger charge is 2.49. The Hall–Kier alpha value is -2.99. The van der Waals surface area contributed by atoms with Crippen LogP contribution in [-0.4, -0.2) is 84.9 Å². The highest BCUT2D eigenvalue weighted by molar-refractivity contribution is 5.80. The predicted octanol–water partition coefficient (Wildman–Crippen LogP) is 2.57. The Kier molecular flexibility index (Phi) is 6.57. The van der Waals surface area contributed by atoms with E-state index in [-0.39, 0.29) is 0 Å². The smallest absolute Gasteiger partial charge is 0.162 e. The highest BCUT2D eigenvalue weighted by Crippen LogP contribution is 2.41. The number of ether oxygens (including phenoxy) is 1. The zero-order valence-electron chi connectivity index (χ0n) is 23.2. The lowest BCUT2D eigenvalue weighted by atomic mass is 9.76. The number of rotatable bonds is 9. The fourth-order valence-electron chi connectivity index (χ4n) is 6.77. The van der Waals surface area contributed by atoms with Gasteiger partial charge in [0.15, 0.2) is 17.9 Å². The lowest BCUT2D eigenvalue weighted by Gasteiger charge is -2.46. The van der Waals surface area contributed by atoms with Gasteiger partial charge in [0.2, 0.25) is 0 Å². The summed E-state index contributed by atoms with van der Waals surface area (Å²) in [5, 5.41) is 25.0. The molecule has 4 aliphatic rings. The summed E-state index contributed by atoms with van der Waals surface area (Å²) < 4.78 is 6.28. The summed E-state index contributed by atoms with van der Waals surface area (Å²) in [6.45, 7) is 5.32. The molecule has 11 nitrogen and oxygen atoms in total. The maximum Gasteiger partial charge on any atom is 0.162 e. The van der Waals surface area contributed by atoms with Gasteiger partial charge < -0.3 is 35.9 Å². The van der Waals surface area contributed by atoms with Crippen LogP contribution in [0.1, 0.15) is 63.3 Å². The average molecular weight is 549 g/mol. The number of aliphatic hydroxyl groups is 2. The molecule has 2 saturated carbocycles. The fourth-order valence-corrected chi connectivity index (χ4v) is 6.77. The predicted molar refractivity (Wildman–Crippen MR) is 153 cm³/mol. The van der Waals surface area contributed by atoms with E-state index in [1.807, 2.05) is 4.90 Å². The Morgan fingerprint density at radius 2 is 2.00 bits per heavy atom. The SMILES string of the molecule is CC(C)N(C[C@H]1O[C@@H](N2CNc3c(N)ncnc32)[C@H](O)[C@@H]1O)C1CC(CCc2nc3cc(C4CC4)ccc3[nH]2)C1. The van der Waals surface area contributed by atoms with Crippen molar-refractivity contribution in [3.8, 4) is 0 Å². The van der Waals surface area contributed by atoms with Crippen molar-refractivity contribution in [1.82, 2.24) is 24.8 Å². The van der Waals surface area contributed by atoms with Crippen molar-refractivity contribution in [2.45, 2.75) is 94.9 Å². The number of fused-ring (bicyclic) bond motifs is 2. The van der Waals surface area contributed by atoms with Crippen LogP contribution in [0.3, 0.4) is 0 Å². The van der Waals surface area contributed by atoms with Crippen molar-refractivity contribution >= 4 is 28.4 Å². The number of aromatic amines is 1. The number of aromatic nitrogens is 4. The average Bonchev–Trinajstić information content (AvgIpc) is 3.45. The van der Waals surface area contributed by atoms with Crippen molar-refractivity contribution in [3.05, 3.63) is 35.9 Å². The van der Waals surface area contributed by atoms with Crippen molar-refractivity contribution < 1.29 is 14.9 Å². The molecule has 1 aromatic carbocycles. The molecule has 0 unspecified atom stereocenters. The molecule has 11 heteroatoms. The van der Waals surface area contributed by atoms with Gasteiger partial charge >= 0.3 is 0 Å². The van der Waals surface area contributed by atoms with E-state index in [2.05, 4.69) is 57.2 Å². The van der Waals surface area contributed by atoms with E-state index >= 15 is 0 Å². The van der Waals surface area contributed by atoms with E-state index in [1.165, 1.54) is 24.7 Å². The zero-order chi connectivity index (χ0) is 27.5. The molecule has 0 radical (unpaired) electrons. The van der Waals surface area contributed by atoms with E-state index in [0.29, 0.717) is 48.5 Å². The molecule has 1 saturated heterocycles. The van der Waals surface area contributed by atoms with Gasteiger partial charge in [0, 0.05) is 25.0 Å². The van der Waals surface area contributed by atoms with Gasteiger partial charge in [-0.15, -0.1) is 0 Å². The molecular formula is C29H40N8O3. The molecule has 3 aromatic rings. The lowest BCUT2D eigenvalue weighted by molar-refractivity contribution is -0.0429. The quantitative estimate of drug-likeness (QED) is 0.270. The molecule has 214 valence electrons. The summed E-state index contributed by atoms with van der Waals surface area (Å²) in [6.07, 6.45) is 5.09. The first-order valence-corrected chi connectivity index (χ1v) is 14.7. The third-order valence-corrected chi connectivity index (χ3v) is 9.33. The van der Waals surface area contributed by atoms with Crippen LogP contribution >= 0.6 is 0 Å². The number of benzene rings is 1. The first-order valence-electron chi connectivity index (χ1n) is 14.7. The molecule has 6 N–H and O–H groups in total. The van der Waals surface area contributed by atoms with E-state index < -0.39 is 24.5 Å². The number of hydrogen-bond acceptors (Lipinski definition) is 10. The molecule has 0 spiro atoms. The molecule has 4 heterocycles. The van der Waals surface area contributed by atoms with Crippen molar-refractivity contribution in [3.63, 3.8) is 0 Å². The summed E-state index contributed by atoms with van der Waals surface area (Å²) in [6, 6.07) is 7.43. The first kappa shape index (κ1) is 25.9. The topological polar surface area (TPSA) is 149 Å². The number of nitrogens with two attached hydrogens (primary N) is 1. The number of aryl methyl sites for hydroxylation is 1. The lowest BCUT2D eigenvalue weighted by Crippen LogP contribution is -2.52. The Labute approximate surface area is 234 Å². The number of nitrogen functional groups attached to an aromatic ring is 1. The van der Waals surface area contributed by atoms with E-state index in [4.69, 9.17) is 15.5 Å². The van der Waals surface area contributed by atoms with Gasteiger partial charge in [-0.3, -0.25) is 4.90 Å². The fraction of sp³-hybridized carbons (Fsp3) is 0.621. The number of aliphatic hydroxyl groups excluding tert-OH is 2. The molecule has 2 aliphatic carbocycles. The van der Waals surface area contributed by atoms with Gasteiger partial charge in [0.05, 0.1) is 17.7 Å². The highest BCUT2D eigenvalue weighted by atomic mass is 16.6. The maximum absolute atomic E-state index is 11.0. The van der Waals surface area contributed by atoms with Crippen molar-refractivity contribution in [2.24, 2.45) is 5.92 Å². The van der Waals surface area contributed by atoms with Crippen LogP contribution in [0.25, 0.3) is 11.0 Å². The standard InChI is InChI=1S/C29H40N8O3/c1-15(2)36(12-22-25(38)26(39)29(40-22)37-14-33-24-27(30)31-13-32-28(24)37)19-9-16(10-19)3-8-23-34-20-7-6-18(17-4-5-17)11-21(20)35-23/h6-7,11,13,15-17,19,22,25-26,29,33,38-39H,3-5,8-10,12,14H2,1-2H3,(H,34,35)(H2,30,31,32)/t16?,19?,22-,25-,26-,29-/m1/s1. The second-order valence-electron chi connectivity index (χ2n) is 12.4. The molecule has 2 aliphatic heterocycles. The number of anilines is 3. The normalized spacial score (nSPS) is 29.8. The molecule has 3 fully saturated rings. The van der Waals surface area contributed by atoms with Crippen molar-refractivity contribution in [1.29, 1.82) is 0 Å². The Morgan fingerprint density at radius 3 is 2.77 bits per heavy atom. The Balaban J connectivity index is 0.942. The minimum atomic E-state index is -1.05. The molecule has 40 heavy (non-hydrogen) atoms. The van der Waals surface area contributed by atoms with E-state index in [0.717, 1.165) is 48.5 Å². The van der Waals surface area contributed by atoms with Crippen LogP contribution in [0.2, 0.25) is 0 Å². The molecular weight excluding hydrogens is 508 g/mol. The second-order valence-corrected chi connectivity index (χ2v) is 12.4. The van der Waals surface area contributed by atoms with Crippen molar-refractivity contribution in [2.75, 3.05) is 29.2 Å². The van der Waals surface area contributed by atoms with Gasteiger partial charge in [-0.25, -0.2) is 15.0 Å². The van der Waals surface area contributed by atoms with Crippen LogP contribution in [-0.2, 0) is 11.2 Å². The number of hydrogen-bond donors (Lipinski definition) is 5. The minimum absolute atomic E-state index is 0.302. The summed E-state index contributed by atoms with van der Waals surface area (Å²) in [5.41, 5.74) is 10.3. The molecule has 7 rings (SSSR count). The summed E-state index contributed by atoms with van der Waals surface area (Å²) in [4.78, 5) is 21.0. The summed E-state index contributed by atoms with van der Waals surface area (Å²) >= 11 is 0. The Morgan fingerprint density at radius 1 is 1.18 bits per heavy atom. The maximum atomic E-state index is 11.0. The van der Waals surface area contributed by atoms with Gasteiger partial charge in [-0.05, 0) is 75.5 Å². The monoisotopic (exact) mass is 548 g/mol. The Bertz CT molecular complexity index is 1370. The third kappa shape index (κ3) is 4.68. The zero-order valence-corrected chi connectivity index (χ0v) is 23.2. The summed E-state index contributed by atoms with van der Waals surface area (Å²) in [7, 11) is 0. The second kappa shape index (κ2) is 10.1. The first-order chi connectivity index (χ1) is 19.4. The van der Waals surface area contributed by atoms with Gasteiger partial charge in [-0.1, -0.05) is 6.07 Å². The molecule has 0 amide bonds. The van der Waals surface area contributed by atoms with E-state index in [9.17, 15) is 10.2 Å². The minimum Gasteiger partial charge on any atom is -0.387 e. The van der Waals surface area contributed by atoms with Crippen LogP contribution in [0, 0.1) is 5.92 Å². The summed E-state index contributed by atoms with van der Waals surface area (Å²) in [5.74, 6) is 3.42. The number of imidazole rings is 1. The van der Waals surface area contributed by atoms with Crippen LogP contribution in [0.5, 0.6) is 0 Å². The molecule has 4 atom stereocenters.